The second kappa shape index (κ2) is 7.66. The Morgan fingerprint density at radius 3 is 2.71 bits per heavy atom. The number of halogens is 1. The highest BCUT2D eigenvalue weighted by molar-refractivity contribution is 7.09. The van der Waals surface area contributed by atoms with E-state index in [0.29, 0.717) is 12.0 Å². The molecule has 114 valence electrons. The van der Waals surface area contributed by atoms with Gasteiger partial charge in [-0.3, -0.25) is 0 Å². The van der Waals surface area contributed by atoms with Gasteiger partial charge in [0, 0.05) is 11.4 Å². The van der Waals surface area contributed by atoms with Crippen LogP contribution in [0, 0.1) is 18.7 Å². The van der Waals surface area contributed by atoms with E-state index in [9.17, 15) is 4.39 Å². The smallest absolute Gasteiger partial charge is 0.123 e. The van der Waals surface area contributed by atoms with Crippen LogP contribution in [-0.4, -0.2) is 17.6 Å². The third-order valence-electron chi connectivity index (χ3n) is 3.39. The molecule has 1 heterocycles. The Bertz CT molecular complexity index is 565. The Hall–Kier alpha value is -1.26. The molecule has 21 heavy (non-hydrogen) atoms. The van der Waals surface area contributed by atoms with Gasteiger partial charge >= 0.3 is 0 Å². The minimum atomic E-state index is -0.160. The molecule has 2 aromatic rings. The summed E-state index contributed by atoms with van der Waals surface area (Å²) in [5.74, 6) is 0.267. The summed E-state index contributed by atoms with van der Waals surface area (Å²) in [4.78, 5) is 4.55. The van der Waals surface area contributed by atoms with Crippen molar-refractivity contribution in [3.63, 3.8) is 0 Å². The lowest BCUT2D eigenvalue weighted by molar-refractivity contribution is 0.440. The first-order valence-electron chi connectivity index (χ1n) is 7.41. The fourth-order valence-electron chi connectivity index (χ4n) is 2.41. The third kappa shape index (κ3) is 5.56. The van der Waals surface area contributed by atoms with Gasteiger partial charge < -0.3 is 5.32 Å². The van der Waals surface area contributed by atoms with Crippen LogP contribution < -0.4 is 5.32 Å². The molecule has 0 aliphatic heterocycles. The van der Waals surface area contributed by atoms with E-state index in [0.717, 1.165) is 35.7 Å². The lowest BCUT2D eigenvalue weighted by atomic mass is 9.94. The molecule has 0 aliphatic rings. The van der Waals surface area contributed by atoms with Crippen molar-refractivity contribution >= 4 is 11.3 Å². The van der Waals surface area contributed by atoms with Crippen LogP contribution in [-0.2, 0) is 12.8 Å². The number of thiazole rings is 1. The highest BCUT2D eigenvalue weighted by Gasteiger charge is 2.13. The van der Waals surface area contributed by atoms with Crippen LogP contribution in [0.1, 0.15) is 30.1 Å². The van der Waals surface area contributed by atoms with Crippen molar-refractivity contribution in [2.45, 2.75) is 39.7 Å². The van der Waals surface area contributed by atoms with E-state index < -0.39 is 0 Å². The maximum atomic E-state index is 13.3. The topological polar surface area (TPSA) is 24.9 Å². The molecule has 0 saturated carbocycles. The van der Waals surface area contributed by atoms with Crippen LogP contribution in [0.5, 0.6) is 0 Å². The van der Waals surface area contributed by atoms with Gasteiger partial charge in [0.25, 0.3) is 0 Å². The first-order valence-corrected chi connectivity index (χ1v) is 8.29. The van der Waals surface area contributed by atoms with Crippen LogP contribution >= 0.6 is 11.3 Å². The van der Waals surface area contributed by atoms with Gasteiger partial charge in [-0.15, -0.1) is 11.3 Å². The largest absolute Gasteiger partial charge is 0.314 e. The lowest BCUT2D eigenvalue weighted by Gasteiger charge is -2.18. The summed E-state index contributed by atoms with van der Waals surface area (Å²) in [7, 11) is 0. The fourth-order valence-corrected chi connectivity index (χ4v) is 3.04. The molecular weight excluding hydrogens is 283 g/mol. The standard InChI is InChI=1S/C17H23FN2S/c1-12(2)19-10-15(9-17-11-21-13(3)20-17)7-14-5-4-6-16(18)8-14/h4-6,8,11-12,15,19H,7,9-10H2,1-3H3. The van der Waals surface area contributed by atoms with Gasteiger partial charge in [-0.2, -0.15) is 0 Å². The van der Waals surface area contributed by atoms with E-state index in [1.54, 1.807) is 23.5 Å². The normalized spacial score (nSPS) is 12.8. The van der Waals surface area contributed by atoms with Gasteiger partial charge in [0.05, 0.1) is 10.7 Å². The number of hydrogen-bond acceptors (Lipinski definition) is 3. The van der Waals surface area contributed by atoms with E-state index in [1.807, 2.05) is 13.0 Å². The molecule has 0 saturated heterocycles. The second-order valence-corrected chi connectivity index (χ2v) is 6.89. The molecule has 2 rings (SSSR count). The summed E-state index contributed by atoms with van der Waals surface area (Å²) in [5, 5.41) is 6.72. The molecule has 0 fully saturated rings. The minimum absolute atomic E-state index is 0.160. The SMILES string of the molecule is Cc1nc(CC(CNC(C)C)Cc2cccc(F)c2)cs1. The molecule has 4 heteroatoms. The number of rotatable bonds is 7. The van der Waals surface area contributed by atoms with E-state index in [2.05, 4.69) is 29.5 Å². The Morgan fingerprint density at radius 2 is 2.10 bits per heavy atom. The first kappa shape index (κ1) is 16.1. The van der Waals surface area contributed by atoms with E-state index in [4.69, 9.17) is 0 Å². The quantitative estimate of drug-likeness (QED) is 0.836. The zero-order chi connectivity index (χ0) is 15.2. The van der Waals surface area contributed by atoms with Gasteiger partial charge in [-0.25, -0.2) is 9.37 Å². The molecule has 0 bridgehead atoms. The van der Waals surface area contributed by atoms with Crippen LogP contribution in [0.3, 0.4) is 0 Å². The molecule has 0 amide bonds. The predicted molar refractivity (Wildman–Crippen MR) is 87.3 cm³/mol. The van der Waals surface area contributed by atoms with Gasteiger partial charge in [-0.05, 0) is 49.9 Å². The van der Waals surface area contributed by atoms with Gasteiger partial charge in [0.1, 0.15) is 5.82 Å². The van der Waals surface area contributed by atoms with Gasteiger partial charge in [0.2, 0.25) is 0 Å². The lowest BCUT2D eigenvalue weighted by Crippen LogP contribution is -2.31. The third-order valence-corrected chi connectivity index (χ3v) is 4.21. The van der Waals surface area contributed by atoms with Crippen molar-refractivity contribution in [2.75, 3.05) is 6.54 Å². The summed E-state index contributed by atoms with van der Waals surface area (Å²) in [6, 6.07) is 7.36. The van der Waals surface area contributed by atoms with Crippen molar-refractivity contribution in [1.29, 1.82) is 0 Å². The Kier molecular flexibility index (Phi) is 5.88. The van der Waals surface area contributed by atoms with Crippen molar-refractivity contribution in [1.82, 2.24) is 10.3 Å². The molecule has 1 N–H and O–H groups in total. The Morgan fingerprint density at radius 1 is 1.29 bits per heavy atom. The number of aromatic nitrogens is 1. The molecule has 1 unspecified atom stereocenters. The Balaban J connectivity index is 2.04. The predicted octanol–water partition coefficient (Wildman–Crippen LogP) is 3.99. The maximum Gasteiger partial charge on any atom is 0.123 e. The molecule has 0 aliphatic carbocycles. The molecular formula is C17H23FN2S. The molecule has 0 spiro atoms. The average molecular weight is 306 g/mol. The molecule has 1 aromatic heterocycles. The van der Waals surface area contributed by atoms with Crippen LogP contribution in [0.4, 0.5) is 4.39 Å². The van der Waals surface area contributed by atoms with Crippen LogP contribution in [0.15, 0.2) is 29.6 Å². The molecule has 0 radical (unpaired) electrons. The molecule has 1 aromatic carbocycles. The summed E-state index contributed by atoms with van der Waals surface area (Å²) >= 11 is 1.69. The zero-order valence-electron chi connectivity index (χ0n) is 12.9. The van der Waals surface area contributed by atoms with E-state index in [-0.39, 0.29) is 5.82 Å². The number of aryl methyl sites for hydroxylation is 1. The second-order valence-electron chi connectivity index (χ2n) is 5.83. The van der Waals surface area contributed by atoms with Crippen molar-refractivity contribution in [3.8, 4) is 0 Å². The summed E-state index contributed by atoms with van der Waals surface area (Å²) in [6.45, 7) is 7.24. The Labute approximate surface area is 130 Å². The highest BCUT2D eigenvalue weighted by atomic mass is 32.1. The van der Waals surface area contributed by atoms with Gasteiger partial charge in [-0.1, -0.05) is 26.0 Å². The highest BCUT2D eigenvalue weighted by Crippen LogP contribution is 2.17. The zero-order valence-corrected chi connectivity index (χ0v) is 13.7. The van der Waals surface area contributed by atoms with Crippen molar-refractivity contribution in [2.24, 2.45) is 5.92 Å². The number of hydrogen-bond donors (Lipinski definition) is 1. The monoisotopic (exact) mass is 306 g/mol. The average Bonchev–Trinajstić information content (AvgIpc) is 2.81. The fraction of sp³-hybridized carbons (Fsp3) is 0.471. The number of nitrogens with zero attached hydrogens (tertiary/aromatic N) is 1. The first-order chi connectivity index (χ1) is 10.0. The van der Waals surface area contributed by atoms with Crippen LogP contribution in [0.25, 0.3) is 0 Å². The summed E-state index contributed by atoms with van der Waals surface area (Å²) < 4.78 is 13.3. The summed E-state index contributed by atoms with van der Waals surface area (Å²) in [6.07, 6.45) is 1.80. The van der Waals surface area contributed by atoms with Crippen LogP contribution in [0.2, 0.25) is 0 Å². The van der Waals surface area contributed by atoms with Crippen molar-refractivity contribution < 1.29 is 4.39 Å². The van der Waals surface area contributed by atoms with Gasteiger partial charge in [0.15, 0.2) is 0 Å². The number of benzene rings is 1. The van der Waals surface area contributed by atoms with Crippen molar-refractivity contribution in [3.05, 3.63) is 51.7 Å². The minimum Gasteiger partial charge on any atom is -0.314 e. The van der Waals surface area contributed by atoms with E-state index in [1.165, 1.54) is 6.07 Å². The molecule has 1 atom stereocenters. The molecule has 2 nitrogen and oxygen atoms in total. The number of nitrogens with one attached hydrogen (secondary N) is 1. The summed E-state index contributed by atoms with van der Waals surface area (Å²) in [5.41, 5.74) is 2.20. The maximum absolute atomic E-state index is 13.3. The van der Waals surface area contributed by atoms with E-state index >= 15 is 0 Å².